The number of aliphatic hydroxyl groups is 1. The summed E-state index contributed by atoms with van der Waals surface area (Å²) in [6, 6.07) is 0. The summed E-state index contributed by atoms with van der Waals surface area (Å²) in [5, 5.41) is 19.6. The highest BCUT2D eigenvalue weighted by Crippen LogP contribution is 2.13. The average Bonchev–Trinajstić information content (AvgIpc) is 2.56. The zero-order valence-corrected chi connectivity index (χ0v) is 9.24. The van der Waals surface area contributed by atoms with Gasteiger partial charge in [0, 0.05) is 20.0 Å². The van der Waals surface area contributed by atoms with E-state index in [0.717, 1.165) is 0 Å². The maximum absolute atomic E-state index is 11.7. The van der Waals surface area contributed by atoms with E-state index in [-0.39, 0.29) is 18.3 Å². The third-order valence-electron chi connectivity index (χ3n) is 2.67. The third-order valence-corrected chi connectivity index (χ3v) is 2.67. The fourth-order valence-electron chi connectivity index (χ4n) is 1.64. The van der Waals surface area contributed by atoms with Crippen LogP contribution in [0.4, 0.5) is 5.82 Å². The standard InChI is InChI=1S/C9H12N4O4/c1-6-10-8(13(16)17)4-11(6)5-9(15)12-2-7(14)3-12/h4,7,14H,2-3,5H2,1H3. The molecule has 1 amide bonds. The van der Waals surface area contributed by atoms with E-state index in [9.17, 15) is 14.9 Å². The van der Waals surface area contributed by atoms with Crippen LogP contribution in [0.3, 0.4) is 0 Å². The van der Waals surface area contributed by atoms with Gasteiger partial charge in [-0.2, -0.15) is 0 Å². The maximum Gasteiger partial charge on any atom is 0.381 e. The number of aliphatic hydroxyl groups excluding tert-OH is 1. The van der Waals surface area contributed by atoms with Crippen molar-refractivity contribution in [2.75, 3.05) is 13.1 Å². The molecule has 0 aliphatic carbocycles. The van der Waals surface area contributed by atoms with Crippen molar-refractivity contribution in [3.05, 3.63) is 22.1 Å². The molecule has 0 bridgehead atoms. The van der Waals surface area contributed by atoms with Gasteiger partial charge in [0.2, 0.25) is 11.7 Å². The Labute approximate surface area is 96.6 Å². The SMILES string of the molecule is Cc1nc([N+](=O)[O-])cn1CC(=O)N1CC(O)C1. The van der Waals surface area contributed by atoms with Gasteiger partial charge in [0.1, 0.15) is 12.7 Å². The van der Waals surface area contributed by atoms with E-state index in [1.807, 2.05) is 0 Å². The van der Waals surface area contributed by atoms with Crippen LogP contribution in [0.15, 0.2) is 6.20 Å². The van der Waals surface area contributed by atoms with Crippen molar-refractivity contribution in [3.8, 4) is 0 Å². The van der Waals surface area contributed by atoms with Gasteiger partial charge in [0.25, 0.3) is 0 Å². The van der Waals surface area contributed by atoms with Crippen molar-refractivity contribution < 1.29 is 14.8 Å². The van der Waals surface area contributed by atoms with Crippen molar-refractivity contribution in [1.82, 2.24) is 14.5 Å². The molecule has 0 atom stereocenters. The molecule has 1 aliphatic rings. The van der Waals surface area contributed by atoms with Gasteiger partial charge in [0.15, 0.2) is 0 Å². The topological polar surface area (TPSA) is 102 Å². The van der Waals surface area contributed by atoms with Gasteiger partial charge < -0.3 is 20.1 Å². The van der Waals surface area contributed by atoms with Gasteiger partial charge in [-0.05, 0) is 9.91 Å². The third kappa shape index (κ3) is 2.26. The first-order valence-electron chi connectivity index (χ1n) is 5.11. The summed E-state index contributed by atoms with van der Waals surface area (Å²) in [6.45, 7) is 2.27. The van der Waals surface area contributed by atoms with Crippen molar-refractivity contribution in [3.63, 3.8) is 0 Å². The van der Waals surface area contributed by atoms with Gasteiger partial charge in [0.05, 0.1) is 6.10 Å². The highest BCUT2D eigenvalue weighted by Gasteiger charge is 2.29. The van der Waals surface area contributed by atoms with Crippen LogP contribution in [-0.2, 0) is 11.3 Å². The Hall–Kier alpha value is -1.96. The molecule has 1 fully saturated rings. The van der Waals surface area contributed by atoms with Crippen molar-refractivity contribution >= 4 is 11.7 Å². The molecule has 2 heterocycles. The molecule has 8 nitrogen and oxygen atoms in total. The van der Waals surface area contributed by atoms with Crippen LogP contribution in [0.2, 0.25) is 0 Å². The largest absolute Gasteiger partial charge is 0.389 e. The summed E-state index contributed by atoms with van der Waals surface area (Å²) in [4.78, 5) is 26.8. The number of aryl methyl sites for hydroxylation is 1. The number of aromatic nitrogens is 2. The van der Waals surface area contributed by atoms with Gasteiger partial charge >= 0.3 is 5.82 Å². The predicted molar refractivity (Wildman–Crippen MR) is 56.2 cm³/mol. The number of nitro groups is 1. The number of hydrogen-bond acceptors (Lipinski definition) is 5. The molecule has 0 unspecified atom stereocenters. The number of carbonyl (C=O) groups is 1. The predicted octanol–water partition coefficient (Wildman–Crippen LogP) is -0.697. The molecule has 0 radical (unpaired) electrons. The molecule has 1 aromatic heterocycles. The minimum absolute atomic E-state index is 0.0133. The second kappa shape index (κ2) is 4.13. The van der Waals surface area contributed by atoms with E-state index < -0.39 is 11.0 Å². The Morgan fingerprint density at radius 2 is 2.35 bits per heavy atom. The molecule has 17 heavy (non-hydrogen) atoms. The number of carbonyl (C=O) groups excluding carboxylic acids is 1. The fraction of sp³-hybridized carbons (Fsp3) is 0.556. The number of imidazole rings is 1. The van der Waals surface area contributed by atoms with Crippen LogP contribution in [0.5, 0.6) is 0 Å². The van der Waals surface area contributed by atoms with Crippen LogP contribution >= 0.6 is 0 Å². The number of rotatable bonds is 3. The number of β-amino-alcohol motifs (C(OH)–C–C–N with tert-alkyl or cyclic N) is 1. The molecule has 8 heteroatoms. The first-order chi connectivity index (χ1) is 7.97. The average molecular weight is 240 g/mol. The van der Waals surface area contributed by atoms with Crippen molar-refractivity contribution in [2.45, 2.75) is 19.6 Å². The van der Waals surface area contributed by atoms with Crippen LogP contribution in [-0.4, -0.2) is 49.6 Å². The molecular weight excluding hydrogens is 228 g/mol. The molecule has 1 aromatic rings. The Balaban J connectivity index is 2.03. The normalized spacial score (nSPS) is 15.8. The molecule has 92 valence electrons. The Bertz CT molecular complexity index is 464. The zero-order chi connectivity index (χ0) is 12.6. The van der Waals surface area contributed by atoms with E-state index in [2.05, 4.69) is 4.98 Å². The number of hydrogen-bond donors (Lipinski definition) is 1. The molecule has 0 spiro atoms. The molecule has 1 aliphatic heterocycles. The van der Waals surface area contributed by atoms with Crippen molar-refractivity contribution in [2.24, 2.45) is 0 Å². The summed E-state index contributed by atoms with van der Waals surface area (Å²) in [7, 11) is 0. The number of nitrogens with zero attached hydrogens (tertiary/aromatic N) is 4. The van der Waals surface area contributed by atoms with Crippen LogP contribution in [0.1, 0.15) is 5.82 Å². The van der Waals surface area contributed by atoms with E-state index >= 15 is 0 Å². The van der Waals surface area contributed by atoms with Crippen LogP contribution < -0.4 is 0 Å². The monoisotopic (exact) mass is 240 g/mol. The van der Waals surface area contributed by atoms with E-state index in [1.165, 1.54) is 15.7 Å². The summed E-state index contributed by atoms with van der Waals surface area (Å²) in [5.74, 6) is -0.0178. The number of amides is 1. The van der Waals surface area contributed by atoms with E-state index in [4.69, 9.17) is 5.11 Å². The highest BCUT2D eigenvalue weighted by molar-refractivity contribution is 5.77. The van der Waals surface area contributed by atoms with Crippen LogP contribution in [0.25, 0.3) is 0 Å². The smallest absolute Gasteiger partial charge is 0.381 e. The van der Waals surface area contributed by atoms with Gasteiger partial charge in [-0.25, -0.2) is 0 Å². The fourth-order valence-corrected chi connectivity index (χ4v) is 1.64. The van der Waals surface area contributed by atoms with Gasteiger partial charge in [-0.1, -0.05) is 0 Å². The van der Waals surface area contributed by atoms with E-state index in [1.54, 1.807) is 6.92 Å². The summed E-state index contributed by atoms with van der Waals surface area (Å²) >= 11 is 0. The van der Waals surface area contributed by atoms with Crippen LogP contribution in [0, 0.1) is 17.0 Å². The lowest BCUT2D eigenvalue weighted by Gasteiger charge is -2.35. The second-order valence-corrected chi connectivity index (χ2v) is 3.98. The molecule has 1 saturated heterocycles. The molecule has 2 rings (SSSR count). The van der Waals surface area contributed by atoms with Crippen molar-refractivity contribution in [1.29, 1.82) is 0 Å². The highest BCUT2D eigenvalue weighted by atomic mass is 16.6. The minimum atomic E-state index is -0.596. The molecule has 0 saturated carbocycles. The minimum Gasteiger partial charge on any atom is -0.389 e. The quantitative estimate of drug-likeness (QED) is 0.556. The maximum atomic E-state index is 11.7. The summed E-state index contributed by atoms with van der Waals surface area (Å²) in [5.41, 5.74) is 0. The molecular formula is C9H12N4O4. The van der Waals surface area contributed by atoms with E-state index in [0.29, 0.717) is 18.9 Å². The Kier molecular flexibility index (Phi) is 2.80. The Morgan fingerprint density at radius 1 is 1.71 bits per heavy atom. The lowest BCUT2D eigenvalue weighted by Crippen LogP contribution is -2.54. The first-order valence-corrected chi connectivity index (χ1v) is 5.11. The first kappa shape index (κ1) is 11.5. The lowest BCUT2D eigenvalue weighted by atomic mass is 10.2. The van der Waals surface area contributed by atoms with Gasteiger partial charge in [-0.15, -0.1) is 0 Å². The molecule has 0 aromatic carbocycles. The Morgan fingerprint density at radius 3 is 2.82 bits per heavy atom. The lowest BCUT2D eigenvalue weighted by molar-refractivity contribution is -0.389. The van der Waals surface area contributed by atoms with Gasteiger partial charge in [-0.3, -0.25) is 9.36 Å². The number of likely N-dealkylation sites (tertiary alicyclic amines) is 1. The zero-order valence-electron chi connectivity index (χ0n) is 9.24. The summed E-state index contributed by atoms with van der Waals surface area (Å²) < 4.78 is 1.44. The summed E-state index contributed by atoms with van der Waals surface area (Å²) in [6.07, 6.45) is 0.792. The second-order valence-electron chi connectivity index (χ2n) is 3.98. The molecule has 1 N–H and O–H groups in total.